The third-order valence-electron chi connectivity index (χ3n) is 2.99. The molecule has 0 saturated carbocycles. The van der Waals surface area contributed by atoms with Crippen LogP contribution in [0.15, 0.2) is 35.6 Å². The van der Waals surface area contributed by atoms with Crippen molar-refractivity contribution >= 4 is 32.4 Å². The van der Waals surface area contributed by atoms with E-state index in [9.17, 15) is 12.8 Å². The van der Waals surface area contributed by atoms with Gasteiger partial charge in [0.15, 0.2) is 5.65 Å². The van der Waals surface area contributed by atoms with Crippen molar-refractivity contribution < 1.29 is 12.8 Å². The first-order valence-electron chi connectivity index (χ1n) is 6.27. The predicted molar refractivity (Wildman–Crippen MR) is 79.1 cm³/mol. The number of aromatic nitrogens is 4. The first-order valence-corrected chi connectivity index (χ1v) is 8.16. The van der Waals surface area contributed by atoms with Gasteiger partial charge >= 0.3 is 0 Å². The monoisotopic (exact) mass is 321 g/mol. The molecule has 114 valence electrons. The summed E-state index contributed by atoms with van der Waals surface area (Å²) < 4.78 is 38.2. The number of anilines is 2. The van der Waals surface area contributed by atoms with Crippen LogP contribution in [0, 0.1) is 5.82 Å². The topological polar surface area (TPSA) is 89.8 Å². The molecule has 7 nitrogen and oxygen atoms in total. The summed E-state index contributed by atoms with van der Waals surface area (Å²) in [6, 6.07) is 5.78. The fourth-order valence-corrected chi connectivity index (χ4v) is 2.48. The molecule has 1 aromatic carbocycles. The number of fused-ring (bicyclic) bond motifs is 1. The van der Waals surface area contributed by atoms with Gasteiger partial charge in [-0.15, -0.1) is 0 Å². The minimum Gasteiger partial charge on any atom is -0.339 e. The van der Waals surface area contributed by atoms with Crippen LogP contribution in [0.5, 0.6) is 0 Å². The van der Waals surface area contributed by atoms with Crippen LogP contribution in [0.2, 0.25) is 0 Å². The minimum atomic E-state index is -3.59. The van der Waals surface area contributed by atoms with Crippen LogP contribution in [-0.4, -0.2) is 34.4 Å². The van der Waals surface area contributed by atoms with E-state index in [2.05, 4.69) is 20.4 Å². The van der Waals surface area contributed by atoms with Gasteiger partial charge in [-0.2, -0.15) is 15.1 Å². The van der Waals surface area contributed by atoms with Gasteiger partial charge in [0, 0.05) is 19.0 Å². The first kappa shape index (κ1) is 14.4. The van der Waals surface area contributed by atoms with Crippen molar-refractivity contribution in [3.63, 3.8) is 0 Å². The second-order valence-electron chi connectivity index (χ2n) is 4.77. The molecule has 22 heavy (non-hydrogen) atoms. The molecule has 0 bridgehead atoms. The van der Waals surface area contributed by atoms with E-state index in [-0.39, 0.29) is 11.0 Å². The maximum atomic E-state index is 13.3. The number of hydrogen-bond acceptors (Lipinski definition) is 6. The Morgan fingerprint density at radius 1 is 1.27 bits per heavy atom. The van der Waals surface area contributed by atoms with Crippen LogP contribution in [-0.2, 0) is 16.9 Å². The minimum absolute atomic E-state index is 0.254. The Kier molecular flexibility index (Phi) is 3.28. The Hall–Kier alpha value is -2.55. The van der Waals surface area contributed by atoms with E-state index < -0.39 is 15.7 Å². The number of nitrogens with zero attached hydrogens (tertiary/aromatic N) is 4. The average Bonchev–Trinajstić information content (AvgIpc) is 2.80. The molecule has 0 unspecified atom stereocenters. The Morgan fingerprint density at radius 2 is 2.05 bits per heavy atom. The standard InChI is InChI=1S/C13H12FN5O2S/c1-19-12-10(7-15-19)11(17-13(18-12)22(2,20)21)16-9-5-3-4-8(14)6-9/h3-7H,1-2H3,(H,16,17,18). The maximum Gasteiger partial charge on any atom is 0.250 e. The molecule has 2 heterocycles. The molecule has 0 atom stereocenters. The van der Waals surface area contributed by atoms with E-state index in [1.54, 1.807) is 13.1 Å². The fraction of sp³-hybridized carbons (Fsp3) is 0.154. The molecule has 3 rings (SSSR count). The predicted octanol–water partition coefficient (Wildman–Crippen LogP) is 1.65. The van der Waals surface area contributed by atoms with Crippen molar-refractivity contribution in [2.45, 2.75) is 5.16 Å². The van der Waals surface area contributed by atoms with Gasteiger partial charge in [0.2, 0.25) is 9.84 Å². The summed E-state index contributed by atoms with van der Waals surface area (Å²) in [7, 11) is -1.94. The molecule has 2 aromatic heterocycles. The first-order chi connectivity index (χ1) is 10.3. The van der Waals surface area contributed by atoms with Crippen molar-refractivity contribution in [3.8, 4) is 0 Å². The number of hydrogen-bond donors (Lipinski definition) is 1. The van der Waals surface area contributed by atoms with Gasteiger partial charge in [0.05, 0.1) is 11.6 Å². The van der Waals surface area contributed by atoms with E-state index in [4.69, 9.17) is 0 Å². The molecule has 0 saturated heterocycles. The van der Waals surface area contributed by atoms with Crippen molar-refractivity contribution in [2.75, 3.05) is 11.6 Å². The molecule has 9 heteroatoms. The summed E-state index contributed by atoms with van der Waals surface area (Å²) in [5.74, 6) is -0.158. The molecular formula is C13H12FN5O2S. The van der Waals surface area contributed by atoms with Gasteiger partial charge in [0.25, 0.3) is 5.16 Å². The lowest BCUT2D eigenvalue weighted by atomic mass is 10.3. The lowest BCUT2D eigenvalue weighted by Gasteiger charge is -2.08. The Bertz CT molecular complexity index is 968. The lowest BCUT2D eigenvalue weighted by Crippen LogP contribution is -2.08. The van der Waals surface area contributed by atoms with Gasteiger partial charge in [-0.1, -0.05) is 6.07 Å². The van der Waals surface area contributed by atoms with E-state index in [1.165, 1.54) is 29.1 Å². The molecule has 0 aliphatic carbocycles. The average molecular weight is 321 g/mol. The molecule has 0 radical (unpaired) electrons. The second kappa shape index (κ2) is 5.02. The molecule has 1 N–H and O–H groups in total. The summed E-state index contributed by atoms with van der Waals surface area (Å²) in [6.07, 6.45) is 2.54. The molecule has 3 aromatic rings. The van der Waals surface area contributed by atoms with Crippen molar-refractivity contribution in [3.05, 3.63) is 36.3 Å². The van der Waals surface area contributed by atoms with Crippen LogP contribution in [0.3, 0.4) is 0 Å². The summed E-state index contributed by atoms with van der Waals surface area (Å²) in [5, 5.41) is 7.17. The quantitative estimate of drug-likeness (QED) is 0.738. The van der Waals surface area contributed by atoms with E-state index in [0.29, 0.717) is 16.7 Å². The molecule has 0 fully saturated rings. The van der Waals surface area contributed by atoms with Gasteiger partial charge in [-0.3, -0.25) is 4.68 Å². The highest BCUT2D eigenvalue weighted by atomic mass is 32.2. The molecule has 0 aliphatic heterocycles. The van der Waals surface area contributed by atoms with Gasteiger partial charge < -0.3 is 5.32 Å². The van der Waals surface area contributed by atoms with Crippen LogP contribution >= 0.6 is 0 Å². The SMILES string of the molecule is Cn1ncc2c(Nc3cccc(F)c3)nc(S(C)(=O)=O)nc21. The maximum absolute atomic E-state index is 13.3. The van der Waals surface area contributed by atoms with E-state index in [1.807, 2.05) is 0 Å². The highest BCUT2D eigenvalue weighted by Gasteiger charge is 2.18. The second-order valence-corrected chi connectivity index (χ2v) is 6.68. The van der Waals surface area contributed by atoms with Gasteiger partial charge in [-0.25, -0.2) is 12.8 Å². The normalized spacial score (nSPS) is 11.8. The number of rotatable bonds is 3. The van der Waals surface area contributed by atoms with Crippen LogP contribution in [0.4, 0.5) is 15.9 Å². The Labute approximate surface area is 125 Å². The summed E-state index contributed by atoms with van der Waals surface area (Å²) in [6.45, 7) is 0. The van der Waals surface area contributed by atoms with Crippen molar-refractivity contribution in [1.82, 2.24) is 19.7 Å². The van der Waals surface area contributed by atoms with Gasteiger partial charge in [-0.05, 0) is 18.2 Å². The molecular weight excluding hydrogens is 309 g/mol. The highest BCUT2D eigenvalue weighted by Crippen LogP contribution is 2.24. The van der Waals surface area contributed by atoms with Crippen LogP contribution < -0.4 is 5.32 Å². The summed E-state index contributed by atoms with van der Waals surface area (Å²) in [5.41, 5.74) is 0.817. The number of halogens is 1. The third-order valence-corrected chi connectivity index (χ3v) is 3.84. The smallest absolute Gasteiger partial charge is 0.250 e. The number of nitrogens with one attached hydrogen (secondary N) is 1. The summed E-state index contributed by atoms with van der Waals surface area (Å²) in [4.78, 5) is 8.04. The van der Waals surface area contributed by atoms with Crippen LogP contribution in [0.25, 0.3) is 11.0 Å². The largest absolute Gasteiger partial charge is 0.339 e. The number of benzene rings is 1. The molecule has 0 spiro atoms. The van der Waals surface area contributed by atoms with Gasteiger partial charge in [0.1, 0.15) is 11.6 Å². The lowest BCUT2D eigenvalue weighted by molar-refractivity contribution is 0.593. The number of sulfone groups is 1. The fourth-order valence-electron chi connectivity index (χ4n) is 1.97. The highest BCUT2D eigenvalue weighted by molar-refractivity contribution is 7.90. The summed E-state index contributed by atoms with van der Waals surface area (Å²) >= 11 is 0. The zero-order chi connectivity index (χ0) is 15.9. The van der Waals surface area contributed by atoms with E-state index in [0.717, 1.165) is 6.26 Å². The molecule has 0 aliphatic rings. The van der Waals surface area contributed by atoms with E-state index >= 15 is 0 Å². The van der Waals surface area contributed by atoms with Crippen molar-refractivity contribution in [2.24, 2.45) is 7.05 Å². The third kappa shape index (κ3) is 2.62. The van der Waals surface area contributed by atoms with Crippen LogP contribution in [0.1, 0.15) is 0 Å². The Balaban J connectivity index is 2.19. The molecule has 0 amide bonds. The zero-order valence-electron chi connectivity index (χ0n) is 11.8. The Morgan fingerprint density at radius 3 is 2.73 bits per heavy atom. The number of aryl methyl sites for hydroxylation is 1. The van der Waals surface area contributed by atoms with Crippen molar-refractivity contribution in [1.29, 1.82) is 0 Å². The zero-order valence-corrected chi connectivity index (χ0v) is 12.6.